The number of benzene rings is 2. The number of H-pyrrole nitrogens is 1. The number of nitrogen functional groups attached to an aromatic ring is 1. The lowest BCUT2D eigenvalue weighted by atomic mass is 10.1. The van der Waals surface area contributed by atoms with Crippen LogP contribution in [0.3, 0.4) is 0 Å². The Kier molecular flexibility index (Phi) is 7.23. The molecule has 4 N–H and O–H groups in total. The van der Waals surface area contributed by atoms with Crippen LogP contribution >= 0.6 is 0 Å². The summed E-state index contributed by atoms with van der Waals surface area (Å²) in [5.74, 6) is -0.681. The van der Waals surface area contributed by atoms with Crippen LogP contribution in [-0.4, -0.2) is 38.9 Å². The largest absolute Gasteiger partial charge is 0.436 e. The van der Waals surface area contributed by atoms with Gasteiger partial charge in [0.05, 0.1) is 46.7 Å². The van der Waals surface area contributed by atoms with Crippen LogP contribution in [0.4, 0.5) is 15.9 Å². The number of aromatic nitrogens is 5. The number of rotatable bonds is 8. The standard InChI is InChI=1S/C31H23FN8O4S/c1-17-9-20-12-25(38-24(20)13-23(17)39-45(42,43)29-11-19(14-33)7-8-35-29)30(41)21-15-37-40(31(21)34)26-16-36-28(10-18(26)2)44-27-6-4-3-5-22(27)32/h3-13,15-16,38-39H,34H2,1-2H3. The van der Waals surface area contributed by atoms with E-state index in [9.17, 15) is 17.6 Å². The number of ketones is 1. The highest BCUT2D eigenvalue weighted by Gasteiger charge is 2.22. The molecule has 12 nitrogen and oxygen atoms in total. The Morgan fingerprint density at radius 1 is 1.07 bits per heavy atom. The molecule has 224 valence electrons. The number of para-hydroxylation sites is 1. The van der Waals surface area contributed by atoms with Gasteiger partial charge in [0.25, 0.3) is 10.0 Å². The van der Waals surface area contributed by atoms with Crippen LogP contribution < -0.4 is 15.2 Å². The van der Waals surface area contributed by atoms with Gasteiger partial charge < -0.3 is 15.5 Å². The molecule has 0 radical (unpaired) electrons. The molecule has 0 fully saturated rings. The van der Waals surface area contributed by atoms with Gasteiger partial charge in [0.15, 0.2) is 16.6 Å². The maximum Gasteiger partial charge on any atom is 0.279 e. The van der Waals surface area contributed by atoms with Crippen molar-refractivity contribution in [3.63, 3.8) is 0 Å². The lowest BCUT2D eigenvalue weighted by Gasteiger charge is -2.11. The number of aryl methyl sites for hydroxylation is 2. The number of halogens is 1. The molecule has 6 aromatic rings. The van der Waals surface area contributed by atoms with Crippen molar-refractivity contribution in [2.24, 2.45) is 0 Å². The molecular weight excluding hydrogens is 599 g/mol. The van der Waals surface area contributed by atoms with Crippen LogP contribution in [0.25, 0.3) is 16.6 Å². The van der Waals surface area contributed by atoms with Gasteiger partial charge in [-0.15, -0.1) is 0 Å². The first-order chi connectivity index (χ1) is 21.5. The monoisotopic (exact) mass is 622 g/mol. The van der Waals surface area contributed by atoms with Crippen molar-refractivity contribution in [2.45, 2.75) is 18.9 Å². The number of carbonyl (C=O) groups is 1. The summed E-state index contributed by atoms with van der Waals surface area (Å²) >= 11 is 0. The Bertz CT molecular complexity index is 2290. The number of sulfonamides is 1. The molecule has 14 heteroatoms. The van der Waals surface area contributed by atoms with Gasteiger partial charge in [-0.25, -0.2) is 19.0 Å². The summed E-state index contributed by atoms with van der Waals surface area (Å²) in [6.07, 6.45) is 4.05. The van der Waals surface area contributed by atoms with E-state index in [1.807, 2.05) is 6.07 Å². The lowest BCUT2D eigenvalue weighted by molar-refractivity contribution is 0.103. The third-order valence-corrected chi connectivity index (χ3v) is 8.25. The number of hydrogen-bond donors (Lipinski definition) is 3. The molecule has 45 heavy (non-hydrogen) atoms. The number of nitrogens with one attached hydrogen (secondary N) is 2. The second-order valence-electron chi connectivity index (χ2n) is 10.1. The van der Waals surface area contributed by atoms with E-state index in [1.54, 1.807) is 50.2 Å². The molecule has 0 aliphatic heterocycles. The minimum absolute atomic E-state index is 0.0316. The minimum Gasteiger partial charge on any atom is -0.436 e. The van der Waals surface area contributed by atoms with Gasteiger partial charge in [0.1, 0.15) is 5.82 Å². The summed E-state index contributed by atoms with van der Waals surface area (Å²) in [7, 11) is -4.09. The molecule has 0 saturated carbocycles. The second-order valence-corrected chi connectivity index (χ2v) is 11.7. The van der Waals surface area contributed by atoms with E-state index in [-0.39, 0.29) is 45.0 Å². The van der Waals surface area contributed by atoms with Crippen molar-refractivity contribution >= 4 is 38.2 Å². The minimum atomic E-state index is -4.09. The highest BCUT2D eigenvalue weighted by molar-refractivity contribution is 7.92. The normalized spacial score (nSPS) is 11.3. The number of carbonyl (C=O) groups excluding carboxylic acids is 1. The number of pyridine rings is 2. The third kappa shape index (κ3) is 5.55. The van der Waals surface area contributed by atoms with Gasteiger partial charge in [0.2, 0.25) is 11.7 Å². The number of nitrogens with zero attached hydrogens (tertiary/aromatic N) is 5. The number of aromatic amines is 1. The Labute approximate surface area is 256 Å². The predicted octanol–water partition coefficient (Wildman–Crippen LogP) is 5.18. The fraction of sp³-hybridized carbons (Fsp3) is 0.0645. The quantitative estimate of drug-likeness (QED) is 0.193. The number of ether oxygens (including phenoxy) is 1. The van der Waals surface area contributed by atoms with Crippen molar-refractivity contribution in [1.29, 1.82) is 5.26 Å². The van der Waals surface area contributed by atoms with Crippen LogP contribution in [0, 0.1) is 31.0 Å². The maximum atomic E-state index is 14.0. The zero-order valence-electron chi connectivity index (χ0n) is 23.7. The summed E-state index contributed by atoms with van der Waals surface area (Å²) < 4.78 is 49.3. The Hall–Kier alpha value is -6.07. The molecule has 2 aromatic carbocycles. The first-order valence-corrected chi connectivity index (χ1v) is 14.8. The number of nitrogens with two attached hydrogens (primary N) is 1. The van der Waals surface area contributed by atoms with Crippen molar-refractivity contribution < 1.29 is 22.3 Å². The van der Waals surface area contributed by atoms with Gasteiger partial charge >= 0.3 is 0 Å². The Morgan fingerprint density at radius 3 is 2.62 bits per heavy atom. The van der Waals surface area contributed by atoms with Gasteiger partial charge in [-0.3, -0.25) is 9.52 Å². The molecule has 0 unspecified atom stereocenters. The third-order valence-electron chi connectivity index (χ3n) is 6.98. The van der Waals surface area contributed by atoms with E-state index in [1.165, 1.54) is 47.5 Å². The lowest BCUT2D eigenvalue weighted by Crippen LogP contribution is -2.15. The number of fused-ring (bicyclic) bond motifs is 1. The van der Waals surface area contributed by atoms with Crippen molar-refractivity contribution in [1.82, 2.24) is 24.7 Å². The highest BCUT2D eigenvalue weighted by Crippen LogP contribution is 2.30. The molecule has 0 aliphatic rings. The topological polar surface area (TPSA) is 182 Å². The van der Waals surface area contributed by atoms with Crippen LogP contribution in [0.5, 0.6) is 11.6 Å². The summed E-state index contributed by atoms with van der Waals surface area (Å²) in [4.78, 5) is 24.7. The molecule has 0 saturated heterocycles. The van der Waals surface area contributed by atoms with Crippen LogP contribution in [0.1, 0.15) is 32.7 Å². The molecule has 4 heterocycles. The van der Waals surface area contributed by atoms with Crippen LogP contribution in [0.15, 0.2) is 84.3 Å². The smallest absolute Gasteiger partial charge is 0.279 e. The summed E-state index contributed by atoms with van der Waals surface area (Å²) in [6.45, 7) is 3.49. The van der Waals surface area contributed by atoms with E-state index < -0.39 is 21.6 Å². The molecule has 6 rings (SSSR count). The molecule has 0 atom stereocenters. The van der Waals surface area contributed by atoms with Crippen molar-refractivity contribution in [2.75, 3.05) is 10.5 Å². The first kappa shape index (κ1) is 29.0. The molecule has 0 aliphatic carbocycles. The van der Waals surface area contributed by atoms with E-state index >= 15 is 0 Å². The predicted molar refractivity (Wildman–Crippen MR) is 163 cm³/mol. The number of nitriles is 1. The fourth-order valence-electron chi connectivity index (χ4n) is 4.66. The van der Waals surface area contributed by atoms with Gasteiger partial charge in [-0.2, -0.15) is 18.8 Å². The highest BCUT2D eigenvalue weighted by atomic mass is 32.2. The van der Waals surface area contributed by atoms with Crippen molar-refractivity contribution in [3.05, 3.63) is 113 Å². The van der Waals surface area contributed by atoms with Crippen LogP contribution in [0.2, 0.25) is 0 Å². The Balaban J connectivity index is 1.26. The molecular formula is C31H23FN8O4S. The number of anilines is 2. The van der Waals surface area contributed by atoms with E-state index in [4.69, 9.17) is 15.7 Å². The molecule has 0 spiro atoms. The first-order valence-electron chi connectivity index (χ1n) is 13.3. The van der Waals surface area contributed by atoms with Gasteiger partial charge in [0, 0.05) is 23.2 Å². The zero-order chi connectivity index (χ0) is 31.9. The summed E-state index contributed by atoms with van der Waals surface area (Å²) in [5, 5.41) is 13.8. The van der Waals surface area contributed by atoms with E-state index in [2.05, 4.69) is 24.8 Å². The molecule has 4 aromatic heterocycles. The SMILES string of the molecule is Cc1cc2cc(C(=O)c3cnn(-c4cnc(Oc5ccccc5F)cc4C)c3N)[nH]c2cc1NS(=O)(=O)c1cc(C#N)ccn1. The van der Waals surface area contributed by atoms with E-state index in [0.29, 0.717) is 27.7 Å². The Morgan fingerprint density at radius 2 is 1.87 bits per heavy atom. The zero-order valence-corrected chi connectivity index (χ0v) is 24.6. The average molecular weight is 623 g/mol. The van der Waals surface area contributed by atoms with Crippen molar-refractivity contribution in [3.8, 4) is 23.4 Å². The summed E-state index contributed by atoms with van der Waals surface area (Å²) in [5.41, 5.74) is 9.38. The average Bonchev–Trinajstić information content (AvgIpc) is 3.61. The van der Waals surface area contributed by atoms with Gasteiger partial charge in [-0.05, 0) is 67.4 Å². The maximum absolute atomic E-state index is 14.0. The number of hydrogen-bond acceptors (Lipinski definition) is 9. The fourth-order valence-corrected chi connectivity index (χ4v) is 5.76. The van der Waals surface area contributed by atoms with Gasteiger partial charge in [-0.1, -0.05) is 12.1 Å². The molecule has 0 amide bonds. The second kappa shape index (κ2) is 11.2. The van der Waals surface area contributed by atoms with E-state index in [0.717, 1.165) is 0 Å². The summed E-state index contributed by atoms with van der Waals surface area (Å²) in [6, 6.07) is 17.0. The van der Waals surface area contributed by atoms with Crippen LogP contribution in [-0.2, 0) is 10.0 Å². The molecule has 0 bridgehead atoms.